The van der Waals surface area contributed by atoms with E-state index < -0.39 is 11.7 Å². The Hall–Kier alpha value is -3.29. The van der Waals surface area contributed by atoms with Crippen molar-refractivity contribution in [2.24, 2.45) is 0 Å². The normalized spacial score (nSPS) is 11.2. The van der Waals surface area contributed by atoms with Crippen molar-refractivity contribution < 1.29 is 18.0 Å². The lowest BCUT2D eigenvalue weighted by atomic mass is 10.1. The molecule has 1 aromatic heterocycles. The Morgan fingerprint density at radius 1 is 1.07 bits per heavy atom. The Balaban J connectivity index is 1.49. The van der Waals surface area contributed by atoms with Gasteiger partial charge >= 0.3 is 6.18 Å². The highest BCUT2D eigenvalue weighted by molar-refractivity contribution is 5.80. The summed E-state index contributed by atoms with van der Waals surface area (Å²) in [5, 5.41) is 12.2. The first-order valence-corrected chi connectivity index (χ1v) is 8.18. The summed E-state index contributed by atoms with van der Waals surface area (Å²) in [6.45, 7) is 0.208. The van der Waals surface area contributed by atoms with Gasteiger partial charge in [-0.2, -0.15) is 18.3 Å². The number of nitrogens with one attached hydrogen (secondary N) is 3. The first-order chi connectivity index (χ1) is 12.9. The molecule has 1 amide bonds. The van der Waals surface area contributed by atoms with Crippen molar-refractivity contribution in [2.45, 2.75) is 12.7 Å². The third-order valence-corrected chi connectivity index (χ3v) is 3.90. The highest BCUT2D eigenvalue weighted by atomic mass is 19.4. The number of nitrogens with zero attached hydrogens (tertiary/aromatic N) is 1. The highest BCUT2D eigenvalue weighted by Gasteiger charge is 2.30. The minimum absolute atomic E-state index is 0.118. The van der Waals surface area contributed by atoms with Gasteiger partial charge in [0.2, 0.25) is 5.91 Å². The van der Waals surface area contributed by atoms with E-state index in [-0.39, 0.29) is 18.1 Å². The molecule has 2 aromatic carbocycles. The second-order valence-corrected chi connectivity index (χ2v) is 5.88. The molecule has 0 saturated heterocycles. The van der Waals surface area contributed by atoms with E-state index in [1.165, 1.54) is 12.1 Å². The average molecular weight is 374 g/mol. The molecule has 0 aliphatic rings. The number of amides is 1. The van der Waals surface area contributed by atoms with Gasteiger partial charge in [-0.05, 0) is 35.4 Å². The number of carbonyl (C=O) groups excluding carboxylic acids is 1. The number of hydrogen-bond acceptors (Lipinski definition) is 3. The van der Waals surface area contributed by atoms with Gasteiger partial charge in [-0.15, -0.1) is 0 Å². The van der Waals surface area contributed by atoms with E-state index in [0.717, 1.165) is 29.0 Å². The zero-order valence-corrected chi connectivity index (χ0v) is 14.2. The third kappa shape index (κ3) is 5.10. The largest absolute Gasteiger partial charge is 0.416 e. The number of alkyl halides is 3. The van der Waals surface area contributed by atoms with Crippen LogP contribution in [-0.2, 0) is 17.5 Å². The Labute approximate surface area is 153 Å². The monoisotopic (exact) mass is 374 g/mol. The summed E-state index contributed by atoms with van der Waals surface area (Å²) in [4.78, 5) is 11.9. The Kier molecular flexibility index (Phi) is 5.44. The summed E-state index contributed by atoms with van der Waals surface area (Å²) in [6, 6.07) is 14.2. The second-order valence-electron chi connectivity index (χ2n) is 5.88. The Bertz CT molecular complexity index is 890. The van der Waals surface area contributed by atoms with Gasteiger partial charge < -0.3 is 10.6 Å². The number of carbonyl (C=O) groups is 1. The van der Waals surface area contributed by atoms with Crippen molar-refractivity contribution in [1.29, 1.82) is 0 Å². The lowest BCUT2D eigenvalue weighted by molar-refractivity contribution is -0.137. The van der Waals surface area contributed by atoms with E-state index in [9.17, 15) is 18.0 Å². The molecule has 3 rings (SSSR count). The van der Waals surface area contributed by atoms with Gasteiger partial charge in [0.25, 0.3) is 0 Å². The van der Waals surface area contributed by atoms with E-state index in [4.69, 9.17) is 0 Å². The van der Waals surface area contributed by atoms with Gasteiger partial charge in [-0.25, -0.2) is 0 Å². The number of hydrogen-bond donors (Lipinski definition) is 3. The van der Waals surface area contributed by atoms with Crippen LogP contribution in [0.4, 0.5) is 18.9 Å². The number of aromatic nitrogens is 2. The molecular weight excluding hydrogens is 357 g/mol. The lowest BCUT2D eigenvalue weighted by Gasteiger charge is -2.11. The van der Waals surface area contributed by atoms with Crippen molar-refractivity contribution in [3.8, 4) is 11.3 Å². The predicted molar refractivity (Wildman–Crippen MR) is 95.8 cm³/mol. The lowest BCUT2D eigenvalue weighted by Crippen LogP contribution is -2.29. The van der Waals surface area contributed by atoms with Crippen LogP contribution in [0.5, 0.6) is 0 Å². The molecule has 0 aliphatic carbocycles. The molecule has 3 aromatic rings. The maximum atomic E-state index is 12.7. The minimum atomic E-state index is -4.41. The molecule has 0 unspecified atom stereocenters. The van der Waals surface area contributed by atoms with Gasteiger partial charge in [0.05, 0.1) is 17.8 Å². The van der Waals surface area contributed by atoms with Crippen LogP contribution >= 0.6 is 0 Å². The maximum absolute atomic E-state index is 12.7. The van der Waals surface area contributed by atoms with Crippen molar-refractivity contribution in [3.63, 3.8) is 0 Å². The average Bonchev–Trinajstić information content (AvgIpc) is 3.19. The van der Waals surface area contributed by atoms with Gasteiger partial charge in [0, 0.05) is 18.4 Å². The van der Waals surface area contributed by atoms with Crippen LogP contribution in [0.3, 0.4) is 0 Å². The van der Waals surface area contributed by atoms with Gasteiger partial charge in [-0.1, -0.05) is 30.3 Å². The zero-order chi connectivity index (χ0) is 19.3. The maximum Gasteiger partial charge on any atom is 0.416 e. The van der Waals surface area contributed by atoms with Crippen LogP contribution in [0.1, 0.15) is 11.1 Å². The standard InChI is InChI=1S/C19H17F3N4O/c20-19(21,22)15-2-1-3-16(10-15)23-12-18(27)24-11-13-4-6-14(7-5-13)17-8-9-25-26-17/h1-10,23H,11-12H2,(H,24,27)(H,25,26). The van der Waals surface area contributed by atoms with Gasteiger partial charge in [0.1, 0.15) is 0 Å². The number of rotatable bonds is 6. The molecule has 0 bridgehead atoms. The minimum Gasteiger partial charge on any atom is -0.376 e. The van der Waals surface area contributed by atoms with E-state index in [2.05, 4.69) is 20.8 Å². The summed E-state index contributed by atoms with van der Waals surface area (Å²) in [6.07, 6.45) is -2.75. The highest BCUT2D eigenvalue weighted by Crippen LogP contribution is 2.30. The van der Waals surface area contributed by atoms with Crippen LogP contribution in [0.25, 0.3) is 11.3 Å². The Morgan fingerprint density at radius 2 is 1.85 bits per heavy atom. The molecule has 0 fully saturated rings. The molecule has 0 aliphatic heterocycles. The molecular formula is C19H17F3N4O. The number of benzene rings is 2. The molecule has 0 radical (unpaired) electrons. The molecule has 1 heterocycles. The van der Waals surface area contributed by atoms with E-state index in [1.54, 1.807) is 6.20 Å². The molecule has 0 spiro atoms. The Morgan fingerprint density at radius 3 is 2.52 bits per heavy atom. The molecule has 5 nitrogen and oxygen atoms in total. The summed E-state index contributed by atoms with van der Waals surface area (Å²) in [5.74, 6) is -0.315. The predicted octanol–water partition coefficient (Wildman–Crippen LogP) is 3.82. The molecule has 0 atom stereocenters. The molecule has 0 saturated carbocycles. The van der Waals surface area contributed by atoms with Crippen molar-refractivity contribution in [2.75, 3.05) is 11.9 Å². The third-order valence-electron chi connectivity index (χ3n) is 3.90. The van der Waals surface area contributed by atoms with E-state index in [1.807, 2.05) is 30.3 Å². The fourth-order valence-electron chi connectivity index (χ4n) is 2.47. The van der Waals surface area contributed by atoms with Crippen LogP contribution in [0.2, 0.25) is 0 Å². The fourth-order valence-corrected chi connectivity index (χ4v) is 2.47. The summed E-state index contributed by atoms with van der Waals surface area (Å²) in [7, 11) is 0. The molecule has 27 heavy (non-hydrogen) atoms. The summed E-state index contributed by atoms with van der Waals surface area (Å²) in [5.41, 5.74) is 2.27. The van der Waals surface area contributed by atoms with E-state index >= 15 is 0 Å². The zero-order valence-electron chi connectivity index (χ0n) is 14.2. The SMILES string of the molecule is O=C(CNc1cccc(C(F)(F)F)c1)NCc1ccc(-c2ccn[nH]2)cc1. The fraction of sp³-hybridized carbons (Fsp3) is 0.158. The van der Waals surface area contributed by atoms with Gasteiger partial charge in [0.15, 0.2) is 0 Å². The van der Waals surface area contributed by atoms with Crippen molar-refractivity contribution >= 4 is 11.6 Å². The smallest absolute Gasteiger partial charge is 0.376 e. The van der Waals surface area contributed by atoms with Crippen LogP contribution in [-0.4, -0.2) is 22.6 Å². The number of halogens is 3. The number of anilines is 1. The van der Waals surface area contributed by atoms with Crippen LogP contribution < -0.4 is 10.6 Å². The van der Waals surface area contributed by atoms with Crippen LogP contribution in [0.15, 0.2) is 60.8 Å². The van der Waals surface area contributed by atoms with Crippen LogP contribution in [0, 0.1) is 0 Å². The van der Waals surface area contributed by atoms with Gasteiger partial charge in [-0.3, -0.25) is 9.89 Å². The van der Waals surface area contributed by atoms with E-state index in [0.29, 0.717) is 6.54 Å². The summed E-state index contributed by atoms with van der Waals surface area (Å²) < 4.78 is 38.0. The number of aromatic amines is 1. The summed E-state index contributed by atoms with van der Waals surface area (Å²) >= 11 is 0. The molecule has 3 N–H and O–H groups in total. The molecule has 8 heteroatoms. The topological polar surface area (TPSA) is 69.8 Å². The first kappa shape index (κ1) is 18.5. The first-order valence-electron chi connectivity index (χ1n) is 8.18. The number of H-pyrrole nitrogens is 1. The quantitative estimate of drug-likeness (QED) is 0.614. The second kappa shape index (κ2) is 7.94. The molecule has 140 valence electrons. The van der Waals surface area contributed by atoms with Crippen molar-refractivity contribution in [1.82, 2.24) is 15.5 Å². The van der Waals surface area contributed by atoms with Crippen molar-refractivity contribution in [3.05, 3.63) is 71.9 Å².